The number of benzene rings is 2. The third-order valence-electron chi connectivity index (χ3n) is 6.28. The van der Waals surface area contributed by atoms with Crippen LogP contribution in [0.15, 0.2) is 54.6 Å². The van der Waals surface area contributed by atoms with Crippen LogP contribution in [-0.4, -0.2) is 46.9 Å². The zero-order chi connectivity index (χ0) is 19.8. The summed E-state index contributed by atoms with van der Waals surface area (Å²) in [5.41, 5.74) is 5.57. The van der Waals surface area contributed by atoms with E-state index in [1.54, 1.807) is 0 Å². The molecule has 3 aromatic rings. The van der Waals surface area contributed by atoms with Gasteiger partial charge in [-0.1, -0.05) is 42.5 Å². The fourth-order valence-electron chi connectivity index (χ4n) is 4.27. The zero-order valence-electron chi connectivity index (χ0n) is 17.0. The van der Waals surface area contributed by atoms with Gasteiger partial charge in [-0.3, -0.25) is 14.7 Å². The lowest BCUT2D eigenvalue weighted by Gasteiger charge is -2.35. The van der Waals surface area contributed by atoms with E-state index in [2.05, 4.69) is 42.2 Å². The van der Waals surface area contributed by atoms with Crippen LogP contribution in [0.25, 0.3) is 10.9 Å². The predicted molar refractivity (Wildman–Crippen MR) is 116 cm³/mol. The topological polar surface area (TPSA) is 36.4 Å². The van der Waals surface area contributed by atoms with Gasteiger partial charge in [-0.15, -0.1) is 0 Å². The molecule has 4 heteroatoms. The summed E-state index contributed by atoms with van der Waals surface area (Å²) in [5.74, 6) is 0.693. The monoisotopic (exact) mass is 385 g/mol. The van der Waals surface area contributed by atoms with Crippen LogP contribution in [-0.2, 0) is 6.54 Å². The Labute approximate surface area is 172 Å². The summed E-state index contributed by atoms with van der Waals surface area (Å²) in [6.07, 6.45) is 2.38. The summed E-state index contributed by atoms with van der Waals surface area (Å²) in [6, 6.07) is 18.7. The number of aryl methyl sites for hydroxylation is 1. The van der Waals surface area contributed by atoms with Crippen molar-refractivity contribution in [1.82, 2.24) is 14.8 Å². The Balaban J connectivity index is 1.33. The van der Waals surface area contributed by atoms with Crippen LogP contribution >= 0.6 is 0 Å². The van der Waals surface area contributed by atoms with Crippen molar-refractivity contribution >= 4 is 16.8 Å². The Kier molecular flexibility index (Phi) is 4.80. The van der Waals surface area contributed by atoms with Crippen molar-refractivity contribution in [2.24, 2.45) is 0 Å². The van der Waals surface area contributed by atoms with Gasteiger partial charge in [-0.2, -0.15) is 0 Å². The van der Waals surface area contributed by atoms with Crippen molar-refractivity contribution in [2.75, 3.05) is 26.2 Å². The van der Waals surface area contributed by atoms with E-state index < -0.39 is 0 Å². The van der Waals surface area contributed by atoms with Crippen LogP contribution in [0.4, 0.5) is 0 Å². The third-order valence-corrected chi connectivity index (χ3v) is 6.28. The SMILES string of the molecule is Cc1ccccc1CN1CCN(C(=O)c2cc(C3CC3)nc3ccccc23)CC1. The van der Waals surface area contributed by atoms with E-state index >= 15 is 0 Å². The highest BCUT2D eigenvalue weighted by Gasteiger charge is 2.29. The van der Waals surface area contributed by atoms with Gasteiger partial charge < -0.3 is 4.90 Å². The van der Waals surface area contributed by atoms with Gasteiger partial charge in [0, 0.05) is 49.7 Å². The van der Waals surface area contributed by atoms with Crippen LogP contribution in [0.5, 0.6) is 0 Å². The second-order valence-electron chi connectivity index (χ2n) is 8.38. The molecule has 2 aromatic carbocycles. The third kappa shape index (κ3) is 3.77. The first-order chi connectivity index (χ1) is 14.2. The number of amides is 1. The lowest BCUT2D eigenvalue weighted by Crippen LogP contribution is -2.48. The summed E-state index contributed by atoms with van der Waals surface area (Å²) in [4.78, 5) is 22.7. The standard InChI is InChI=1S/C25H27N3O/c1-18-6-2-3-7-20(18)17-27-12-14-28(15-13-27)25(29)22-16-24(19-10-11-19)26-23-9-5-4-8-21(22)23/h2-9,16,19H,10-15,17H2,1H3. The van der Waals surface area contributed by atoms with Gasteiger partial charge in [0.2, 0.25) is 0 Å². The molecule has 0 bridgehead atoms. The van der Waals surface area contributed by atoms with E-state index in [-0.39, 0.29) is 5.91 Å². The van der Waals surface area contributed by atoms with Gasteiger partial charge >= 0.3 is 0 Å². The maximum atomic E-state index is 13.4. The Morgan fingerprint density at radius 3 is 2.48 bits per heavy atom. The minimum absolute atomic E-state index is 0.154. The number of carbonyl (C=O) groups excluding carboxylic acids is 1. The quantitative estimate of drug-likeness (QED) is 0.669. The molecule has 0 radical (unpaired) electrons. The normalized spacial score (nSPS) is 17.6. The van der Waals surface area contributed by atoms with Crippen LogP contribution in [0.1, 0.15) is 45.9 Å². The predicted octanol–water partition coefficient (Wildman–Crippen LogP) is 4.38. The van der Waals surface area contributed by atoms with Crippen LogP contribution < -0.4 is 0 Å². The van der Waals surface area contributed by atoms with Crippen molar-refractivity contribution in [1.29, 1.82) is 0 Å². The van der Waals surface area contributed by atoms with Crippen molar-refractivity contribution in [2.45, 2.75) is 32.2 Å². The maximum absolute atomic E-state index is 13.4. The van der Waals surface area contributed by atoms with E-state index in [0.29, 0.717) is 5.92 Å². The summed E-state index contributed by atoms with van der Waals surface area (Å²) in [6.45, 7) is 6.51. The van der Waals surface area contributed by atoms with E-state index in [0.717, 1.165) is 54.9 Å². The molecule has 4 nitrogen and oxygen atoms in total. The fraction of sp³-hybridized carbons (Fsp3) is 0.360. The first-order valence-corrected chi connectivity index (χ1v) is 10.6. The minimum Gasteiger partial charge on any atom is -0.336 e. The van der Waals surface area contributed by atoms with Crippen LogP contribution in [0.3, 0.4) is 0 Å². The lowest BCUT2D eigenvalue weighted by atomic mass is 10.0. The highest BCUT2D eigenvalue weighted by Crippen LogP contribution is 2.40. The summed E-state index contributed by atoms with van der Waals surface area (Å²) < 4.78 is 0. The number of fused-ring (bicyclic) bond motifs is 1. The summed E-state index contributed by atoms with van der Waals surface area (Å²) >= 11 is 0. The molecule has 1 aromatic heterocycles. The average molecular weight is 386 g/mol. The van der Waals surface area contributed by atoms with Crippen molar-refractivity contribution in [3.05, 3.63) is 77.0 Å². The number of carbonyl (C=O) groups is 1. The largest absolute Gasteiger partial charge is 0.336 e. The highest BCUT2D eigenvalue weighted by atomic mass is 16.2. The molecule has 148 valence electrons. The van der Waals surface area contributed by atoms with Crippen molar-refractivity contribution in [3.63, 3.8) is 0 Å². The zero-order valence-corrected chi connectivity index (χ0v) is 17.0. The number of nitrogens with zero attached hydrogens (tertiary/aromatic N) is 3. The molecule has 0 N–H and O–H groups in total. The van der Waals surface area contributed by atoms with E-state index in [4.69, 9.17) is 4.98 Å². The van der Waals surface area contributed by atoms with Crippen LogP contribution in [0.2, 0.25) is 0 Å². The van der Waals surface area contributed by atoms with E-state index in [1.165, 1.54) is 24.0 Å². The molecule has 0 unspecified atom stereocenters. The second kappa shape index (κ2) is 7.60. The van der Waals surface area contributed by atoms with E-state index in [9.17, 15) is 4.79 Å². The van der Waals surface area contributed by atoms with Gasteiger partial charge in [0.25, 0.3) is 5.91 Å². The molecule has 5 rings (SSSR count). The number of piperazine rings is 1. The maximum Gasteiger partial charge on any atom is 0.254 e. The molecule has 1 aliphatic carbocycles. The first-order valence-electron chi connectivity index (χ1n) is 10.6. The van der Waals surface area contributed by atoms with Gasteiger partial charge in [0.15, 0.2) is 0 Å². The van der Waals surface area contributed by atoms with Crippen molar-refractivity contribution < 1.29 is 4.79 Å². The molecule has 0 spiro atoms. The number of para-hydroxylation sites is 1. The highest BCUT2D eigenvalue weighted by molar-refractivity contribution is 6.06. The van der Waals surface area contributed by atoms with Gasteiger partial charge in [0.05, 0.1) is 11.1 Å². The van der Waals surface area contributed by atoms with Gasteiger partial charge in [0.1, 0.15) is 0 Å². The number of pyridine rings is 1. The lowest BCUT2D eigenvalue weighted by molar-refractivity contribution is 0.0630. The Bertz CT molecular complexity index is 1050. The molecule has 1 amide bonds. The first kappa shape index (κ1) is 18.3. The van der Waals surface area contributed by atoms with Crippen LogP contribution in [0, 0.1) is 6.92 Å². The van der Waals surface area contributed by atoms with Gasteiger partial charge in [-0.05, 0) is 43.0 Å². The molecule has 0 atom stereocenters. The van der Waals surface area contributed by atoms with Gasteiger partial charge in [-0.25, -0.2) is 0 Å². The average Bonchev–Trinajstić information content (AvgIpc) is 3.60. The smallest absolute Gasteiger partial charge is 0.254 e. The fourth-order valence-corrected chi connectivity index (χ4v) is 4.27. The molecular formula is C25H27N3O. The molecule has 2 fully saturated rings. The molecular weight excluding hydrogens is 358 g/mol. The molecule has 1 aliphatic heterocycles. The number of rotatable bonds is 4. The minimum atomic E-state index is 0.154. The van der Waals surface area contributed by atoms with Crippen molar-refractivity contribution in [3.8, 4) is 0 Å². The molecule has 1 saturated carbocycles. The van der Waals surface area contributed by atoms with E-state index in [1.807, 2.05) is 29.2 Å². The Morgan fingerprint density at radius 2 is 1.72 bits per heavy atom. The Morgan fingerprint density at radius 1 is 1.00 bits per heavy atom. The summed E-state index contributed by atoms with van der Waals surface area (Å²) in [5, 5.41) is 0.976. The molecule has 1 saturated heterocycles. The second-order valence-corrected chi connectivity index (χ2v) is 8.38. The molecule has 2 aliphatic rings. The molecule has 2 heterocycles. The molecule has 29 heavy (non-hydrogen) atoms. The number of hydrogen-bond acceptors (Lipinski definition) is 3. The number of hydrogen-bond donors (Lipinski definition) is 0. The Hall–Kier alpha value is -2.72. The summed E-state index contributed by atoms with van der Waals surface area (Å²) in [7, 11) is 0. The number of aromatic nitrogens is 1.